The van der Waals surface area contributed by atoms with E-state index in [0.29, 0.717) is 39.3 Å². The zero-order chi connectivity index (χ0) is 43.8. The van der Waals surface area contributed by atoms with E-state index in [0.717, 1.165) is 12.8 Å². The summed E-state index contributed by atoms with van der Waals surface area (Å²) in [6.45, 7) is 9.40. The van der Waals surface area contributed by atoms with Gasteiger partial charge in [-0.25, -0.2) is 4.79 Å². The van der Waals surface area contributed by atoms with E-state index in [1.54, 1.807) is 7.05 Å². The smallest absolute Gasteiger partial charge is 0.326 e. The summed E-state index contributed by atoms with van der Waals surface area (Å²) in [5.41, 5.74) is 2.92. The summed E-state index contributed by atoms with van der Waals surface area (Å²) in [6.07, 6.45) is 1.75. The predicted molar refractivity (Wildman–Crippen MR) is 208 cm³/mol. The number of ether oxygens (including phenoxy) is 6. The Morgan fingerprint density at radius 2 is 1.02 bits per heavy atom. The average molecular weight is 837 g/mol. The third kappa shape index (κ3) is 28.4. The van der Waals surface area contributed by atoms with Gasteiger partial charge in [0.15, 0.2) is 0 Å². The minimum absolute atomic E-state index is 0.0150. The summed E-state index contributed by atoms with van der Waals surface area (Å²) in [5.74, 6) is -4.34. The Kier molecular flexibility index (Phi) is 29.7. The first-order chi connectivity index (χ1) is 27.4. The van der Waals surface area contributed by atoms with Gasteiger partial charge in [-0.15, -0.1) is 0 Å². The lowest BCUT2D eigenvalue weighted by atomic mass is 9.74. The number of carbonyl (C=O) groups is 7. The van der Waals surface area contributed by atoms with Crippen molar-refractivity contribution in [1.82, 2.24) is 26.6 Å². The predicted octanol–water partition coefficient (Wildman–Crippen LogP) is -1.45. The highest BCUT2D eigenvalue weighted by atomic mass is 16.6. The van der Waals surface area contributed by atoms with Crippen molar-refractivity contribution < 1.29 is 72.2 Å². The number of carboxylic acids is 2. The molecule has 2 atom stereocenters. The molecule has 0 aromatic carbocycles. The van der Waals surface area contributed by atoms with Crippen LogP contribution in [0.15, 0.2) is 0 Å². The maximum absolute atomic E-state index is 12.7. The van der Waals surface area contributed by atoms with E-state index < -0.39 is 46.5 Å². The van der Waals surface area contributed by atoms with Crippen LogP contribution in [0.25, 0.3) is 0 Å². The molecule has 58 heavy (non-hydrogen) atoms. The summed E-state index contributed by atoms with van der Waals surface area (Å²) in [7, 11) is 1.68. The number of carboxylic acid groups (broad SMARTS) is 2. The molecule has 21 nitrogen and oxygen atoms in total. The molecule has 0 saturated carbocycles. The molecule has 0 aliphatic carbocycles. The molecular formula is C37H68N6O15. The number of likely N-dealkylation sites (N-methyl/N-ethyl adjacent to an activating group) is 1. The summed E-state index contributed by atoms with van der Waals surface area (Å²) in [6, 6.07) is -1.69. The molecule has 2 unspecified atom stereocenters. The number of hydrogen-bond acceptors (Lipinski definition) is 14. The van der Waals surface area contributed by atoms with Crippen LogP contribution in [0.5, 0.6) is 0 Å². The molecule has 0 heterocycles. The van der Waals surface area contributed by atoms with Crippen LogP contribution >= 0.6 is 0 Å². The fourth-order valence-corrected chi connectivity index (χ4v) is 5.20. The van der Waals surface area contributed by atoms with Gasteiger partial charge in [-0.2, -0.15) is 0 Å². The fourth-order valence-electron chi connectivity index (χ4n) is 5.20. The number of amides is 5. The van der Waals surface area contributed by atoms with Crippen LogP contribution in [0.1, 0.15) is 66.2 Å². The Labute approximate surface area is 340 Å². The Morgan fingerprint density at radius 3 is 1.47 bits per heavy atom. The first-order valence-electron chi connectivity index (χ1n) is 19.4. The fraction of sp³-hybridized carbons (Fsp3) is 0.811. The second-order valence-electron chi connectivity index (χ2n) is 14.5. The maximum Gasteiger partial charge on any atom is 0.326 e. The Morgan fingerprint density at radius 1 is 0.569 bits per heavy atom. The number of hydrogen-bond donors (Lipinski definition) is 8. The number of unbranched alkanes of at least 4 members (excludes halogenated alkanes) is 1. The average Bonchev–Trinajstić information content (AvgIpc) is 3.14. The zero-order valence-electron chi connectivity index (χ0n) is 34.8. The van der Waals surface area contributed by atoms with Gasteiger partial charge in [0.05, 0.1) is 77.5 Å². The number of carbonyl (C=O) groups excluding carboxylic acids is 5. The van der Waals surface area contributed by atoms with E-state index in [9.17, 15) is 43.8 Å². The van der Waals surface area contributed by atoms with Crippen molar-refractivity contribution in [3.8, 4) is 0 Å². The van der Waals surface area contributed by atoms with Gasteiger partial charge in [0, 0.05) is 31.5 Å². The molecule has 0 aliphatic rings. The lowest BCUT2D eigenvalue weighted by Gasteiger charge is -2.32. The Hall–Kier alpha value is -3.99. The van der Waals surface area contributed by atoms with E-state index in [1.807, 2.05) is 0 Å². The molecular weight excluding hydrogens is 768 g/mol. The van der Waals surface area contributed by atoms with Gasteiger partial charge < -0.3 is 71.0 Å². The van der Waals surface area contributed by atoms with Gasteiger partial charge in [-0.3, -0.25) is 28.8 Å². The van der Waals surface area contributed by atoms with Crippen molar-refractivity contribution in [2.75, 3.05) is 106 Å². The first-order valence-corrected chi connectivity index (χ1v) is 19.4. The van der Waals surface area contributed by atoms with Gasteiger partial charge in [0.2, 0.25) is 29.5 Å². The van der Waals surface area contributed by atoms with E-state index in [1.165, 1.54) is 27.7 Å². The third-order valence-electron chi connectivity index (χ3n) is 8.37. The van der Waals surface area contributed by atoms with Crippen molar-refractivity contribution in [2.45, 2.75) is 78.3 Å². The summed E-state index contributed by atoms with van der Waals surface area (Å²) >= 11 is 0. The highest BCUT2D eigenvalue weighted by Gasteiger charge is 2.40. The summed E-state index contributed by atoms with van der Waals surface area (Å²) < 4.78 is 32.1. The molecule has 0 aromatic heterocycles. The maximum atomic E-state index is 12.7. The summed E-state index contributed by atoms with van der Waals surface area (Å²) in [5, 5.41) is 32.2. The van der Waals surface area contributed by atoms with Gasteiger partial charge in [0.25, 0.3) is 0 Å². The van der Waals surface area contributed by atoms with Crippen molar-refractivity contribution in [3.63, 3.8) is 0 Å². The molecule has 0 spiro atoms. The number of nitrogens with two attached hydrogens (primary N) is 1. The van der Waals surface area contributed by atoms with Crippen LogP contribution in [0.2, 0.25) is 0 Å². The lowest BCUT2D eigenvalue weighted by molar-refractivity contribution is -0.151. The van der Waals surface area contributed by atoms with Crippen LogP contribution in [0.4, 0.5) is 0 Å². The molecule has 336 valence electrons. The molecule has 0 fully saturated rings. The molecule has 0 rings (SSSR count). The van der Waals surface area contributed by atoms with E-state index >= 15 is 0 Å². The SMILES string of the molecule is CNC(CCCCNC(=O)COCCOCCOCCNC(=O)COCCOCCOCCNC(=O)CCC(NC(=O)C(C)(C)CC(C)(C)C(=O)O)C(=O)O)C(N)=O. The molecule has 0 saturated heterocycles. The van der Waals surface area contributed by atoms with Crippen LogP contribution in [-0.4, -0.2) is 170 Å². The molecule has 0 aliphatic heterocycles. The second-order valence-corrected chi connectivity index (χ2v) is 14.5. The molecule has 0 radical (unpaired) electrons. The van der Waals surface area contributed by atoms with E-state index in [2.05, 4.69) is 26.6 Å². The molecule has 9 N–H and O–H groups in total. The topological polar surface area (TPSA) is 301 Å². The van der Waals surface area contributed by atoms with E-state index in [-0.39, 0.29) is 103 Å². The lowest BCUT2D eigenvalue weighted by Crippen LogP contribution is -2.48. The number of primary amides is 1. The quantitative estimate of drug-likeness (QED) is 0.0330. The second kappa shape index (κ2) is 31.9. The van der Waals surface area contributed by atoms with Crippen LogP contribution in [-0.2, 0) is 62.0 Å². The minimum atomic E-state index is -1.32. The highest BCUT2D eigenvalue weighted by molar-refractivity contribution is 5.88. The third-order valence-corrected chi connectivity index (χ3v) is 8.37. The molecule has 0 bridgehead atoms. The van der Waals surface area contributed by atoms with Crippen molar-refractivity contribution in [2.24, 2.45) is 16.6 Å². The Bertz CT molecular complexity index is 1240. The first kappa shape index (κ1) is 54.0. The largest absolute Gasteiger partial charge is 0.481 e. The summed E-state index contributed by atoms with van der Waals surface area (Å²) in [4.78, 5) is 82.9. The minimum Gasteiger partial charge on any atom is -0.481 e. The molecule has 0 aromatic rings. The van der Waals surface area contributed by atoms with Crippen molar-refractivity contribution >= 4 is 41.5 Å². The highest BCUT2D eigenvalue weighted by Crippen LogP contribution is 2.34. The molecule has 5 amide bonds. The van der Waals surface area contributed by atoms with Crippen LogP contribution in [0.3, 0.4) is 0 Å². The Balaban J connectivity index is 3.69. The van der Waals surface area contributed by atoms with Crippen molar-refractivity contribution in [1.29, 1.82) is 0 Å². The monoisotopic (exact) mass is 836 g/mol. The normalized spacial score (nSPS) is 12.6. The van der Waals surface area contributed by atoms with Gasteiger partial charge in [-0.1, -0.05) is 13.8 Å². The van der Waals surface area contributed by atoms with Gasteiger partial charge in [-0.05, 0) is 53.0 Å². The van der Waals surface area contributed by atoms with Crippen LogP contribution < -0.4 is 32.3 Å². The number of rotatable bonds is 38. The molecule has 21 heteroatoms. The standard InChI is InChI=1S/C37H68N6O15/c1-36(2,26-37(3,4)35(51)52)34(50)43-28(33(48)49)9-10-29(44)41-12-14-53-16-18-55-21-23-58-25-31(46)42-13-15-54-17-19-56-20-22-57-24-30(45)40-11-7-6-8-27(39-5)32(38)47/h27-28,39H,6-26H2,1-5H3,(H2,38,47)(H,40,45)(H,41,44)(H,42,46)(H,43,50)(H,48,49)(H,51,52). The van der Waals surface area contributed by atoms with Crippen LogP contribution in [0, 0.1) is 10.8 Å². The van der Waals surface area contributed by atoms with Gasteiger partial charge >= 0.3 is 11.9 Å². The zero-order valence-corrected chi connectivity index (χ0v) is 34.8. The number of nitrogens with one attached hydrogen (secondary N) is 5. The van der Waals surface area contributed by atoms with Crippen molar-refractivity contribution in [3.05, 3.63) is 0 Å². The van der Waals surface area contributed by atoms with E-state index in [4.69, 9.17) is 34.2 Å². The van der Waals surface area contributed by atoms with Gasteiger partial charge in [0.1, 0.15) is 19.3 Å². The number of aliphatic carboxylic acids is 2.